The summed E-state index contributed by atoms with van der Waals surface area (Å²) in [5, 5.41) is 10.5. The van der Waals surface area contributed by atoms with Gasteiger partial charge in [-0.2, -0.15) is 0 Å². The first-order chi connectivity index (χ1) is 9.76. The Kier molecular flexibility index (Phi) is 4.24. The Bertz CT molecular complexity index is 439. The van der Waals surface area contributed by atoms with Crippen LogP contribution < -0.4 is 4.74 Å². The zero-order valence-electron chi connectivity index (χ0n) is 12.0. The van der Waals surface area contributed by atoms with Crippen molar-refractivity contribution in [1.29, 1.82) is 0 Å². The van der Waals surface area contributed by atoms with Crippen LogP contribution in [0.25, 0.3) is 0 Å². The van der Waals surface area contributed by atoms with Crippen LogP contribution in [-0.2, 0) is 4.74 Å². The van der Waals surface area contributed by atoms with Gasteiger partial charge in [0.05, 0.1) is 24.9 Å². The molecular weight excluding hydrogens is 254 g/mol. The second-order valence-electron chi connectivity index (χ2n) is 5.66. The van der Waals surface area contributed by atoms with E-state index in [1.54, 1.807) is 0 Å². The van der Waals surface area contributed by atoms with E-state index in [1.165, 1.54) is 0 Å². The molecule has 2 saturated heterocycles. The van der Waals surface area contributed by atoms with Crippen LogP contribution in [0, 0.1) is 0 Å². The number of benzene rings is 1. The quantitative estimate of drug-likeness (QED) is 0.893. The number of hydrogen-bond donors (Lipinski definition) is 1. The summed E-state index contributed by atoms with van der Waals surface area (Å²) >= 11 is 0. The molecule has 0 aliphatic carbocycles. The van der Waals surface area contributed by atoms with Gasteiger partial charge < -0.3 is 14.6 Å². The van der Waals surface area contributed by atoms with Gasteiger partial charge in [-0.3, -0.25) is 4.90 Å². The third kappa shape index (κ3) is 2.97. The summed E-state index contributed by atoms with van der Waals surface area (Å²) in [5.74, 6) is 0.790. The second-order valence-corrected chi connectivity index (χ2v) is 5.66. The number of β-amino-alcohol motifs (C(OH)–C–C–N with tert-alkyl or cyclic N) is 1. The van der Waals surface area contributed by atoms with Crippen molar-refractivity contribution in [3.8, 4) is 5.75 Å². The van der Waals surface area contributed by atoms with E-state index in [1.807, 2.05) is 31.2 Å². The molecule has 1 aromatic carbocycles. The minimum Gasteiger partial charge on any atom is -0.493 e. The monoisotopic (exact) mass is 277 g/mol. The molecule has 2 bridgehead atoms. The molecule has 1 N–H and O–H groups in total. The van der Waals surface area contributed by atoms with Gasteiger partial charge in [-0.05, 0) is 25.8 Å². The summed E-state index contributed by atoms with van der Waals surface area (Å²) in [4.78, 5) is 2.32. The van der Waals surface area contributed by atoms with Crippen molar-refractivity contribution in [1.82, 2.24) is 4.90 Å². The molecule has 0 spiro atoms. The maximum Gasteiger partial charge on any atom is 0.125 e. The fourth-order valence-electron chi connectivity index (χ4n) is 3.23. The summed E-state index contributed by atoms with van der Waals surface area (Å²) < 4.78 is 11.4. The zero-order chi connectivity index (χ0) is 13.9. The van der Waals surface area contributed by atoms with Crippen molar-refractivity contribution < 1.29 is 14.6 Å². The highest BCUT2D eigenvalue weighted by Crippen LogP contribution is 2.30. The fraction of sp³-hybridized carbons (Fsp3) is 0.625. The van der Waals surface area contributed by atoms with Crippen molar-refractivity contribution in [2.24, 2.45) is 0 Å². The van der Waals surface area contributed by atoms with Crippen LogP contribution in [-0.4, -0.2) is 48.5 Å². The van der Waals surface area contributed by atoms with Gasteiger partial charge in [-0.15, -0.1) is 0 Å². The minimum absolute atomic E-state index is 0.364. The number of ether oxygens (including phenoxy) is 2. The van der Waals surface area contributed by atoms with Gasteiger partial charge in [0.15, 0.2) is 0 Å². The third-order valence-electron chi connectivity index (χ3n) is 4.13. The molecule has 4 heteroatoms. The number of fused-ring (bicyclic) bond motifs is 2. The Balaban J connectivity index is 1.65. The molecule has 1 aromatic rings. The standard InChI is InChI=1S/C16H23NO3/c1-2-19-16-6-4-3-5-14(16)15(18)11-17-9-12-7-8-13(10-17)20-12/h3-6,12-13,15,18H,2,7-11H2,1H3. The van der Waals surface area contributed by atoms with Gasteiger partial charge in [0.2, 0.25) is 0 Å². The largest absolute Gasteiger partial charge is 0.493 e. The third-order valence-corrected chi connectivity index (χ3v) is 4.13. The molecule has 0 radical (unpaired) electrons. The van der Waals surface area contributed by atoms with E-state index in [0.29, 0.717) is 25.4 Å². The number of para-hydroxylation sites is 1. The SMILES string of the molecule is CCOc1ccccc1C(O)CN1CC2CCC(C1)O2. The molecular formula is C16H23NO3. The first-order valence-electron chi connectivity index (χ1n) is 7.54. The van der Waals surface area contributed by atoms with E-state index >= 15 is 0 Å². The van der Waals surface area contributed by atoms with Crippen LogP contribution in [0.3, 0.4) is 0 Å². The summed E-state index contributed by atoms with van der Waals surface area (Å²) in [6, 6.07) is 7.76. The lowest BCUT2D eigenvalue weighted by Crippen LogP contribution is -2.44. The van der Waals surface area contributed by atoms with Gasteiger partial charge in [-0.25, -0.2) is 0 Å². The molecule has 0 amide bonds. The van der Waals surface area contributed by atoms with E-state index < -0.39 is 6.10 Å². The van der Waals surface area contributed by atoms with Crippen LogP contribution in [0.1, 0.15) is 31.4 Å². The minimum atomic E-state index is -0.504. The van der Waals surface area contributed by atoms with Crippen molar-refractivity contribution in [2.45, 2.75) is 38.1 Å². The Morgan fingerprint density at radius 2 is 2.00 bits per heavy atom. The Labute approximate surface area is 120 Å². The summed E-state index contributed by atoms with van der Waals surface area (Å²) in [5.41, 5.74) is 0.883. The van der Waals surface area contributed by atoms with E-state index in [0.717, 1.165) is 37.2 Å². The predicted molar refractivity (Wildman–Crippen MR) is 76.9 cm³/mol. The summed E-state index contributed by atoms with van der Waals surface area (Å²) in [6.07, 6.45) is 2.54. The van der Waals surface area contributed by atoms with Gasteiger partial charge in [0, 0.05) is 25.2 Å². The fourth-order valence-corrected chi connectivity index (χ4v) is 3.23. The molecule has 0 saturated carbocycles. The second kappa shape index (κ2) is 6.12. The Hall–Kier alpha value is -1.10. The smallest absolute Gasteiger partial charge is 0.125 e. The van der Waals surface area contributed by atoms with E-state index in [2.05, 4.69) is 4.90 Å². The number of rotatable bonds is 5. The summed E-state index contributed by atoms with van der Waals surface area (Å²) in [6.45, 7) is 5.10. The predicted octanol–water partition coefficient (Wildman–Crippen LogP) is 1.98. The first-order valence-corrected chi connectivity index (χ1v) is 7.54. The molecule has 110 valence electrons. The molecule has 20 heavy (non-hydrogen) atoms. The van der Waals surface area contributed by atoms with Crippen molar-refractivity contribution in [2.75, 3.05) is 26.2 Å². The van der Waals surface area contributed by atoms with Gasteiger partial charge in [-0.1, -0.05) is 18.2 Å². The van der Waals surface area contributed by atoms with Gasteiger partial charge in [0.1, 0.15) is 5.75 Å². The molecule has 2 heterocycles. The molecule has 3 rings (SSSR count). The number of hydrogen-bond acceptors (Lipinski definition) is 4. The zero-order valence-corrected chi connectivity index (χ0v) is 12.0. The Morgan fingerprint density at radius 3 is 2.70 bits per heavy atom. The topological polar surface area (TPSA) is 41.9 Å². The number of likely N-dealkylation sites (tertiary alicyclic amines) is 1. The number of aliphatic hydroxyl groups is 1. The first kappa shape index (κ1) is 13.9. The lowest BCUT2D eigenvalue weighted by molar-refractivity contribution is -0.0498. The lowest BCUT2D eigenvalue weighted by Gasteiger charge is -2.33. The van der Waals surface area contributed by atoms with Gasteiger partial charge >= 0.3 is 0 Å². The average molecular weight is 277 g/mol. The van der Waals surface area contributed by atoms with Crippen molar-refractivity contribution >= 4 is 0 Å². The number of nitrogens with zero attached hydrogens (tertiary/aromatic N) is 1. The molecule has 4 nitrogen and oxygen atoms in total. The van der Waals surface area contributed by atoms with Crippen molar-refractivity contribution in [3.05, 3.63) is 29.8 Å². The van der Waals surface area contributed by atoms with Crippen LogP contribution in [0.4, 0.5) is 0 Å². The molecule has 2 aliphatic heterocycles. The van der Waals surface area contributed by atoms with Crippen LogP contribution in [0.15, 0.2) is 24.3 Å². The highest BCUT2D eigenvalue weighted by Gasteiger charge is 2.34. The van der Waals surface area contributed by atoms with Gasteiger partial charge in [0.25, 0.3) is 0 Å². The molecule has 0 aromatic heterocycles. The highest BCUT2D eigenvalue weighted by molar-refractivity contribution is 5.35. The normalized spacial score (nSPS) is 27.5. The molecule has 2 fully saturated rings. The molecule has 3 unspecified atom stereocenters. The molecule has 3 atom stereocenters. The average Bonchev–Trinajstić information content (AvgIpc) is 2.79. The number of aliphatic hydroxyl groups excluding tert-OH is 1. The number of morpholine rings is 1. The van der Waals surface area contributed by atoms with Crippen LogP contribution in [0.5, 0.6) is 5.75 Å². The summed E-state index contributed by atoms with van der Waals surface area (Å²) in [7, 11) is 0. The lowest BCUT2D eigenvalue weighted by atomic mass is 10.1. The maximum atomic E-state index is 10.5. The maximum absolute atomic E-state index is 10.5. The van der Waals surface area contributed by atoms with E-state index in [4.69, 9.17) is 9.47 Å². The van der Waals surface area contributed by atoms with E-state index in [-0.39, 0.29) is 0 Å². The highest BCUT2D eigenvalue weighted by atomic mass is 16.5. The van der Waals surface area contributed by atoms with Crippen LogP contribution in [0.2, 0.25) is 0 Å². The van der Waals surface area contributed by atoms with Crippen molar-refractivity contribution in [3.63, 3.8) is 0 Å². The van der Waals surface area contributed by atoms with Crippen LogP contribution >= 0.6 is 0 Å². The molecule has 2 aliphatic rings. The Morgan fingerprint density at radius 1 is 1.30 bits per heavy atom. The van der Waals surface area contributed by atoms with E-state index in [9.17, 15) is 5.11 Å².